The van der Waals surface area contributed by atoms with Crippen LogP contribution in [0.15, 0.2) is 54.6 Å². The van der Waals surface area contributed by atoms with Gasteiger partial charge in [0.25, 0.3) is 0 Å². The van der Waals surface area contributed by atoms with Crippen LogP contribution in [0.25, 0.3) is 5.57 Å². The first-order valence-electron chi connectivity index (χ1n) is 8.06. The van der Waals surface area contributed by atoms with Crippen molar-refractivity contribution in [1.82, 2.24) is 4.90 Å². The number of para-hydroxylation sites is 1. The van der Waals surface area contributed by atoms with Crippen molar-refractivity contribution in [3.63, 3.8) is 0 Å². The molecule has 0 unspecified atom stereocenters. The SMILES string of the molecule is CN(CCC=C1c2ccccc2COc2ccccc21)CC(=O)O. The minimum absolute atomic E-state index is 0.0550. The maximum Gasteiger partial charge on any atom is 0.317 e. The van der Waals surface area contributed by atoms with Crippen molar-refractivity contribution in [2.45, 2.75) is 13.0 Å². The summed E-state index contributed by atoms with van der Waals surface area (Å²) in [6, 6.07) is 16.3. The lowest BCUT2D eigenvalue weighted by molar-refractivity contribution is -0.137. The molecule has 0 fully saturated rings. The minimum atomic E-state index is -0.802. The number of fused-ring (bicyclic) bond motifs is 2. The normalized spacial score (nSPS) is 14.7. The molecule has 0 radical (unpaired) electrons. The highest BCUT2D eigenvalue weighted by molar-refractivity contribution is 5.84. The van der Waals surface area contributed by atoms with E-state index in [1.54, 1.807) is 0 Å². The number of carboxylic acid groups (broad SMARTS) is 1. The maximum absolute atomic E-state index is 10.8. The summed E-state index contributed by atoms with van der Waals surface area (Å²) < 4.78 is 5.96. The summed E-state index contributed by atoms with van der Waals surface area (Å²) in [6.45, 7) is 1.31. The largest absolute Gasteiger partial charge is 0.488 e. The lowest BCUT2D eigenvalue weighted by Crippen LogP contribution is -2.26. The van der Waals surface area contributed by atoms with Crippen LogP contribution in [-0.4, -0.2) is 36.1 Å². The molecule has 0 aromatic heterocycles. The molecule has 0 amide bonds. The molecule has 3 rings (SSSR count). The van der Waals surface area contributed by atoms with Crippen LogP contribution in [0.4, 0.5) is 0 Å². The first kappa shape index (κ1) is 16.3. The van der Waals surface area contributed by atoms with Gasteiger partial charge in [0.15, 0.2) is 0 Å². The third-order valence-electron chi connectivity index (χ3n) is 4.13. The Balaban J connectivity index is 1.90. The second kappa shape index (κ2) is 7.32. The van der Waals surface area contributed by atoms with Crippen LogP contribution in [0.1, 0.15) is 23.1 Å². The molecule has 2 aromatic rings. The van der Waals surface area contributed by atoms with Gasteiger partial charge in [-0.3, -0.25) is 9.69 Å². The fraction of sp³-hybridized carbons (Fsp3) is 0.250. The fourth-order valence-electron chi connectivity index (χ4n) is 2.98. The number of rotatable bonds is 5. The van der Waals surface area contributed by atoms with Crippen LogP contribution in [0.2, 0.25) is 0 Å². The number of nitrogens with zero attached hydrogens (tertiary/aromatic N) is 1. The van der Waals surface area contributed by atoms with Crippen LogP contribution in [0, 0.1) is 0 Å². The molecule has 124 valence electrons. The zero-order valence-corrected chi connectivity index (χ0v) is 13.7. The lowest BCUT2D eigenvalue weighted by atomic mass is 9.93. The highest BCUT2D eigenvalue weighted by Gasteiger charge is 2.18. The topological polar surface area (TPSA) is 49.8 Å². The van der Waals surface area contributed by atoms with Crippen LogP contribution in [0.3, 0.4) is 0 Å². The Labute approximate surface area is 142 Å². The van der Waals surface area contributed by atoms with E-state index in [4.69, 9.17) is 9.84 Å². The Kier molecular flexibility index (Phi) is 4.96. The Bertz CT molecular complexity index is 717. The van der Waals surface area contributed by atoms with E-state index in [9.17, 15) is 4.79 Å². The summed E-state index contributed by atoms with van der Waals surface area (Å²) in [7, 11) is 1.82. The zero-order valence-electron chi connectivity index (χ0n) is 13.7. The van der Waals surface area contributed by atoms with E-state index >= 15 is 0 Å². The average Bonchev–Trinajstić information content (AvgIpc) is 2.72. The molecule has 1 aliphatic rings. The minimum Gasteiger partial charge on any atom is -0.488 e. The molecule has 1 aliphatic heterocycles. The van der Waals surface area contributed by atoms with Gasteiger partial charge in [-0.05, 0) is 36.2 Å². The van der Waals surface area contributed by atoms with Crippen molar-refractivity contribution < 1.29 is 14.6 Å². The van der Waals surface area contributed by atoms with Crippen molar-refractivity contribution in [2.75, 3.05) is 20.1 Å². The van der Waals surface area contributed by atoms with E-state index in [0.29, 0.717) is 13.2 Å². The molecule has 0 atom stereocenters. The maximum atomic E-state index is 10.8. The number of hydrogen-bond donors (Lipinski definition) is 1. The monoisotopic (exact) mass is 323 g/mol. The standard InChI is InChI=1S/C20H21NO3/c1-21(13-20(22)23)12-6-10-17-16-8-3-2-7-15(16)14-24-19-11-5-4-9-18(17)19/h2-5,7-11H,6,12-14H2,1H3,(H,22,23). The first-order chi connectivity index (χ1) is 11.6. The predicted octanol–water partition coefficient (Wildman–Crippen LogP) is 3.42. The van der Waals surface area contributed by atoms with Crippen LogP contribution in [0.5, 0.6) is 5.75 Å². The Morgan fingerprint density at radius 2 is 1.88 bits per heavy atom. The number of carboxylic acids is 1. The second-order valence-electron chi connectivity index (χ2n) is 5.98. The molecule has 0 spiro atoms. The van der Waals surface area contributed by atoms with Gasteiger partial charge in [-0.25, -0.2) is 0 Å². The third kappa shape index (κ3) is 3.66. The van der Waals surface area contributed by atoms with E-state index in [-0.39, 0.29) is 6.54 Å². The van der Waals surface area contributed by atoms with Gasteiger partial charge < -0.3 is 9.84 Å². The van der Waals surface area contributed by atoms with Crippen LogP contribution >= 0.6 is 0 Å². The molecule has 4 nitrogen and oxygen atoms in total. The molecule has 0 saturated carbocycles. The Morgan fingerprint density at radius 3 is 2.67 bits per heavy atom. The Hall–Kier alpha value is -2.59. The van der Waals surface area contributed by atoms with Gasteiger partial charge in [0, 0.05) is 12.1 Å². The molecular formula is C20H21NO3. The number of ether oxygens (including phenoxy) is 1. The van der Waals surface area contributed by atoms with Gasteiger partial charge in [-0.2, -0.15) is 0 Å². The highest BCUT2D eigenvalue weighted by atomic mass is 16.5. The average molecular weight is 323 g/mol. The molecule has 4 heteroatoms. The molecule has 0 aliphatic carbocycles. The number of aliphatic carboxylic acids is 1. The van der Waals surface area contributed by atoms with Crippen LogP contribution in [-0.2, 0) is 11.4 Å². The van der Waals surface area contributed by atoms with Crippen molar-refractivity contribution in [2.24, 2.45) is 0 Å². The molecule has 0 saturated heterocycles. The van der Waals surface area contributed by atoms with Crippen LogP contribution < -0.4 is 4.74 Å². The van der Waals surface area contributed by atoms with Crippen molar-refractivity contribution in [3.8, 4) is 5.75 Å². The van der Waals surface area contributed by atoms with Crippen molar-refractivity contribution >= 4 is 11.5 Å². The number of benzene rings is 2. The second-order valence-corrected chi connectivity index (χ2v) is 5.98. The summed E-state index contributed by atoms with van der Waals surface area (Å²) >= 11 is 0. The number of carbonyl (C=O) groups is 1. The van der Waals surface area contributed by atoms with Gasteiger partial charge in [0.05, 0.1) is 6.54 Å². The smallest absolute Gasteiger partial charge is 0.317 e. The summed E-state index contributed by atoms with van der Waals surface area (Å²) in [4.78, 5) is 12.6. The van der Waals surface area contributed by atoms with Gasteiger partial charge in [-0.1, -0.05) is 48.5 Å². The molecule has 0 bridgehead atoms. The van der Waals surface area contributed by atoms with E-state index in [1.165, 1.54) is 11.1 Å². The van der Waals surface area contributed by atoms with E-state index in [1.807, 2.05) is 42.3 Å². The van der Waals surface area contributed by atoms with Gasteiger partial charge in [-0.15, -0.1) is 0 Å². The number of likely N-dealkylation sites (N-methyl/N-ethyl adjacent to an activating group) is 1. The zero-order chi connectivity index (χ0) is 16.9. The van der Waals surface area contributed by atoms with E-state index < -0.39 is 5.97 Å². The summed E-state index contributed by atoms with van der Waals surface area (Å²) in [5, 5.41) is 8.86. The van der Waals surface area contributed by atoms with Crippen molar-refractivity contribution in [3.05, 3.63) is 71.3 Å². The van der Waals surface area contributed by atoms with E-state index in [0.717, 1.165) is 23.3 Å². The summed E-state index contributed by atoms with van der Waals surface area (Å²) in [6.07, 6.45) is 2.96. The Morgan fingerprint density at radius 1 is 1.17 bits per heavy atom. The first-order valence-corrected chi connectivity index (χ1v) is 8.06. The molecule has 1 heterocycles. The summed E-state index contributed by atoms with van der Waals surface area (Å²) in [5.41, 5.74) is 4.59. The van der Waals surface area contributed by atoms with E-state index in [2.05, 4.69) is 24.3 Å². The van der Waals surface area contributed by atoms with Gasteiger partial charge >= 0.3 is 5.97 Å². The third-order valence-corrected chi connectivity index (χ3v) is 4.13. The molecule has 1 N–H and O–H groups in total. The quantitative estimate of drug-likeness (QED) is 0.916. The fourth-order valence-corrected chi connectivity index (χ4v) is 2.98. The molecule has 2 aromatic carbocycles. The molecule has 24 heavy (non-hydrogen) atoms. The summed E-state index contributed by atoms with van der Waals surface area (Å²) in [5.74, 6) is 0.0857. The molecular weight excluding hydrogens is 302 g/mol. The van der Waals surface area contributed by atoms with Crippen molar-refractivity contribution in [1.29, 1.82) is 0 Å². The van der Waals surface area contributed by atoms with Gasteiger partial charge in [0.2, 0.25) is 0 Å². The highest BCUT2D eigenvalue weighted by Crippen LogP contribution is 2.36. The number of hydrogen-bond acceptors (Lipinski definition) is 3. The lowest BCUT2D eigenvalue weighted by Gasteiger charge is -2.14. The predicted molar refractivity (Wildman–Crippen MR) is 94.0 cm³/mol. The van der Waals surface area contributed by atoms with Gasteiger partial charge in [0.1, 0.15) is 12.4 Å².